The molecule has 3 aliphatic rings. The summed E-state index contributed by atoms with van der Waals surface area (Å²) in [6, 6.07) is 5.65. The second kappa shape index (κ2) is 5.22. The molecular formula is C16H15BrFN4+. The van der Waals surface area contributed by atoms with E-state index >= 15 is 0 Å². The first-order chi connectivity index (χ1) is 10.7. The van der Waals surface area contributed by atoms with Gasteiger partial charge in [-0.05, 0) is 36.5 Å². The van der Waals surface area contributed by atoms with Gasteiger partial charge in [0.2, 0.25) is 6.34 Å². The van der Waals surface area contributed by atoms with Gasteiger partial charge in [0.25, 0.3) is 0 Å². The first-order valence-corrected chi connectivity index (χ1v) is 8.03. The number of nitrogens with one attached hydrogen (secondary N) is 1. The summed E-state index contributed by atoms with van der Waals surface area (Å²) in [5.74, 6) is 0.149. The van der Waals surface area contributed by atoms with E-state index in [9.17, 15) is 4.39 Å². The van der Waals surface area contributed by atoms with Crippen molar-refractivity contribution < 1.29 is 8.98 Å². The van der Waals surface area contributed by atoms with Crippen LogP contribution in [0, 0.1) is 5.82 Å². The first kappa shape index (κ1) is 14.0. The zero-order valence-corrected chi connectivity index (χ0v) is 13.4. The molecule has 2 heterocycles. The number of hydrogen-bond donors (Lipinski definition) is 1. The molecule has 0 aromatic heterocycles. The first-order valence-electron chi connectivity index (χ1n) is 7.23. The van der Waals surface area contributed by atoms with Crippen molar-refractivity contribution in [3.63, 3.8) is 0 Å². The van der Waals surface area contributed by atoms with E-state index < -0.39 is 0 Å². The molecule has 1 atom stereocenters. The number of rotatable bonds is 3. The van der Waals surface area contributed by atoms with Gasteiger partial charge in [0.15, 0.2) is 5.70 Å². The molecule has 1 aromatic rings. The van der Waals surface area contributed by atoms with E-state index in [2.05, 4.69) is 31.3 Å². The zero-order chi connectivity index (χ0) is 15.2. The molecule has 112 valence electrons. The lowest BCUT2D eigenvalue weighted by atomic mass is 9.76. The highest BCUT2D eigenvalue weighted by Gasteiger charge is 2.41. The van der Waals surface area contributed by atoms with E-state index in [0.717, 1.165) is 28.6 Å². The molecule has 0 bridgehead atoms. The second-order valence-corrected chi connectivity index (χ2v) is 6.75. The van der Waals surface area contributed by atoms with Gasteiger partial charge in [-0.2, -0.15) is 0 Å². The SMILES string of the molecule is Fc1cc(Br)ccc1C1CC(N[N+]23C=CN=CC2=CN=C3)C1. The molecule has 2 aliphatic heterocycles. The van der Waals surface area contributed by atoms with Crippen molar-refractivity contribution in [3.8, 4) is 0 Å². The van der Waals surface area contributed by atoms with Crippen molar-refractivity contribution in [2.45, 2.75) is 24.8 Å². The molecule has 0 radical (unpaired) electrons. The summed E-state index contributed by atoms with van der Waals surface area (Å²) >= 11 is 3.30. The molecule has 0 spiro atoms. The van der Waals surface area contributed by atoms with Crippen LogP contribution in [-0.4, -0.2) is 23.2 Å². The number of allylic oxidation sites excluding steroid dienone is 1. The van der Waals surface area contributed by atoms with Gasteiger partial charge in [-0.1, -0.05) is 22.0 Å². The van der Waals surface area contributed by atoms with Crippen LogP contribution in [0.4, 0.5) is 4.39 Å². The maximum Gasteiger partial charge on any atom is 0.219 e. The van der Waals surface area contributed by atoms with E-state index in [-0.39, 0.29) is 11.7 Å². The van der Waals surface area contributed by atoms with Gasteiger partial charge < -0.3 is 0 Å². The van der Waals surface area contributed by atoms with Crippen LogP contribution in [-0.2, 0) is 0 Å². The minimum absolute atomic E-state index is 0.127. The fraction of sp³-hybridized carbons (Fsp3) is 0.250. The molecule has 1 N–H and O–H groups in total. The van der Waals surface area contributed by atoms with Crippen molar-refractivity contribution in [1.82, 2.24) is 5.43 Å². The van der Waals surface area contributed by atoms with Crippen LogP contribution in [0.5, 0.6) is 0 Å². The van der Waals surface area contributed by atoms with Gasteiger partial charge in [-0.15, -0.1) is 10.0 Å². The third kappa shape index (κ3) is 2.27. The molecule has 1 fully saturated rings. The topological polar surface area (TPSA) is 36.8 Å². The number of halogens is 2. The number of aliphatic imine (C=N–C) groups is 2. The molecule has 0 saturated heterocycles. The Morgan fingerprint density at radius 3 is 2.95 bits per heavy atom. The fourth-order valence-corrected chi connectivity index (χ4v) is 3.49. The standard InChI is InChI=1S/C16H15BrFN4/c17-12-1-2-15(16(18)7-12)11-5-13(6-11)21-22-4-3-19-8-14(22)9-20-10-22/h1-4,7-11,13,21H,5-6H2/q+1. The molecule has 1 aliphatic carbocycles. The smallest absolute Gasteiger partial charge is 0.219 e. The summed E-state index contributed by atoms with van der Waals surface area (Å²) in [7, 11) is 0. The van der Waals surface area contributed by atoms with Gasteiger partial charge in [-0.25, -0.2) is 9.38 Å². The molecular weight excluding hydrogens is 347 g/mol. The normalized spacial score (nSPS) is 31.8. The third-order valence-corrected chi connectivity index (χ3v) is 4.91. The van der Waals surface area contributed by atoms with Gasteiger partial charge in [-0.3, -0.25) is 4.99 Å². The van der Waals surface area contributed by atoms with Crippen molar-refractivity contribution >= 4 is 28.5 Å². The zero-order valence-electron chi connectivity index (χ0n) is 11.8. The molecule has 22 heavy (non-hydrogen) atoms. The number of fused-ring (bicyclic) bond motifs is 1. The average molecular weight is 362 g/mol. The van der Waals surface area contributed by atoms with E-state index in [1.807, 2.05) is 37.1 Å². The van der Waals surface area contributed by atoms with Crippen molar-refractivity contribution in [3.05, 3.63) is 58.3 Å². The largest absolute Gasteiger partial charge is 0.253 e. The summed E-state index contributed by atoms with van der Waals surface area (Å²) in [5.41, 5.74) is 5.38. The van der Waals surface area contributed by atoms with Gasteiger partial charge in [0.1, 0.15) is 12.0 Å². The fourth-order valence-electron chi connectivity index (χ4n) is 3.16. The van der Waals surface area contributed by atoms with Crippen molar-refractivity contribution in [1.29, 1.82) is 0 Å². The van der Waals surface area contributed by atoms with E-state index in [1.54, 1.807) is 6.20 Å². The number of nitrogens with zero attached hydrogens (tertiary/aromatic N) is 3. The summed E-state index contributed by atoms with van der Waals surface area (Å²) in [6.45, 7) is 0. The highest BCUT2D eigenvalue weighted by Crippen LogP contribution is 2.40. The van der Waals surface area contributed by atoms with E-state index in [4.69, 9.17) is 0 Å². The quantitative estimate of drug-likeness (QED) is 0.820. The highest BCUT2D eigenvalue weighted by molar-refractivity contribution is 9.10. The predicted octanol–water partition coefficient (Wildman–Crippen LogP) is 3.59. The van der Waals surface area contributed by atoms with Crippen LogP contribution in [0.2, 0.25) is 0 Å². The summed E-state index contributed by atoms with van der Waals surface area (Å²) in [4.78, 5) is 8.36. The molecule has 1 unspecified atom stereocenters. The Balaban J connectivity index is 1.44. The Morgan fingerprint density at radius 2 is 2.14 bits per heavy atom. The van der Waals surface area contributed by atoms with Crippen molar-refractivity contribution in [2.24, 2.45) is 9.98 Å². The van der Waals surface area contributed by atoms with Crippen LogP contribution in [0.15, 0.2) is 57.0 Å². The summed E-state index contributed by atoms with van der Waals surface area (Å²) in [5, 5.41) is 0. The Kier molecular flexibility index (Phi) is 3.32. The molecule has 1 saturated carbocycles. The Hall–Kier alpha value is -1.63. The molecule has 4 rings (SSSR count). The van der Waals surface area contributed by atoms with Gasteiger partial charge >= 0.3 is 0 Å². The van der Waals surface area contributed by atoms with Crippen LogP contribution < -0.4 is 5.43 Å². The maximum absolute atomic E-state index is 14.0. The number of benzene rings is 1. The number of hydrogen-bond acceptors (Lipinski definition) is 3. The van der Waals surface area contributed by atoms with Gasteiger partial charge in [0, 0.05) is 4.47 Å². The molecule has 1 aromatic carbocycles. The number of quaternary nitrogens is 1. The average Bonchev–Trinajstić information content (AvgIpc) is 2.87. The maximum atomic E-state index is 14.0. The third-order valence-electron chi connectivity index (χ3n) is 4.41. The minimum Gasteiger partial charge on any atom is -0.253 e. The van der Waals surface area contributed by atoms with E-state index in [1.165, 1.54) is 6.07 Å². The Bertz CT molecular complexity index is 734. The minimum atomic E-state index is -0.127. The van der Waals surface area contributed by atoms with Crippen LogP contribution in [0.1, 0.15) is 24.3 Å². The Morgan fingerprint density at radius 1 is 1.27 bits per heavy atom. The molecule has 0 amide bonds. The van der Waals surface area contributed by atoms with Crippen LogP contribution in [0.25, 0.3) is 0 Å². The highest BCUT2D eigenvalue weighted by atomic mass is 79.9. The monoisotopic (exact) mass is 361 g/mol. The van der Waals surface area contributed by atoms with Crippen LogP contribution >= 0.6 is 15.9 Å². The van der Waals surface area contributed by atoms with Crippen LogP contribution in [0.3, 0.4) is 0 Å². The Labute approximate surface area is 136 Å². The lowest BCUT2D eigenvalue weighted by molar-refractivity contribution is -0.788. The lowest BCUT2D eigenvalue weighted by Gasteiger charge is -2.40. The second-order valence-electron chi connectivity index (χ2n) is 5.83. The van der Waals surface area contributed by atoms with Crippen molar-refractivity contribution in [2.75, 3.05) is 0 Å². The summed E-state index contributed by atoms with van der Waals surface area (Å²) in [6.07, 6.45) is 11.1. The molecule has 6 heteroatoms. The molecule has 4 nitrogen and oxygen atoms in total. The lowest BCUT2D eigenvalue weighted by Crippen LogP contribution is -2.58. The van der Waals surface area contributed by atoms with E-state index in [0.29, 0.717) is 10.6 Å². The van der Waals surface area contributed by atoms with Gasteiger partial charge in [0.05, 0.1) is 24.7 Å². The predicted molar refractivity (Wildman–Crippen MR) is 87.5 cm³/mol. The summed E-state index contributed by atoms with van der Waals surface area (Å²) < 4.78 is 15.2.